The number of hydrogen-bond donors (Lipinski definition) is 1. The van der Waals surface area contributed by atoms with Crippen molar-refractivity contribution in [1.29, 1.82) is 0 Å². The summed E-state index contributed by atoms with van der Waals surface area (Å²) >= 11 is 6.28. The summed E-state index contributed by atoms with van der Waals surface area (Å²) in [6, 6.07) is 5.54. The smallest absolute Gasteiger partial charge is 0.343 e. The molecule has 0 aliphatic heterocycles. The Labute approximate surface area is 173 Å². The van der Waals surface area contributed by atoms with Gasteiger partial charge >= 0.3 is 5.97 Å². The molecule has 0 saturated carbocycles. The van der Waals surface area contributed by atoms with Gasteiger partial charge in [0.05, 0.1) is 11.4 Å². The zero-order chi connectivity index (χ0) is 20.8. The van der Waals surface area contributed by atoms with Crippen LogP contribution in [0, 0.1) is 12.7 Å². The van der Waals surface area contributed by atoms with Crippen LogP contribution in [-0.2, 0) is 9.53 Å². The van der Waals surface area contributed by atoms with Crippen molar-refractivity contribution in [3.8, 4) is 5.69 Å². The average Bonchev–Trinajstić information content (AvgIpc) is 3.02. The van der Waals surface area contributed by atoms with E-state index in [1.165, 1.54) is 47.4 Å². The molecule has 1 aromatic heterocycles. The fourth-order valence-electron chi connectivity index (χ4n) is 3.23. The molecule has 1 aromatic carbocycles. The first kappa shape index (κ1) is 21.0. The summed E-state index contributed by atoms with van der Waals surface area (Å²) in [6.45, 7) is 1.74. The number of carbonyl (C=O) groups is 2. The fraction of sp³-hybridized carbons (Fsp3) is 0.381. The summed E-state index contributed by atoms with van der Waals surface area (Å²) in [6.07, 6.45) is 7.66. The van der Waals surface area contributed by atoms with E-state index in [1.807, 2.05) is 0 Å². The van der Waals surface area contributed by atoms with Gasteiger partial charge in [-0.1, -0.05) is 23.3 Å². The lowest BCUT2D eigenvalue weighted by Gasteiger charge is -2.13. The van der Waals surface area contributed by atoms with Gasteiger partial charge in [-0.15, -0.1) is 0 Å². The van der Waals surface area contributed by atoms with E-state index in [9.17, 15) is 14.0 Å². The van der Waals surface area contributed by atoms with Crippen LogP contribution in [0.1, 0.15) is 48.2 Å². The molecule has 1 N–H and O–H groups in total. The molecule has 0 bridgehead atoms. The van der Waals surface area contributed by atoms with Gasteiger partial charge in [-0.3, -0.25) is 4.79 Å². The van der Waals surface area contributed by atoms with Gasteiger partial charge in [-0.05, 0) is 63.3 Å². The summed E-state index contributed by atoms with van der Waals surface area (Å²) < 4.78 is 19.5. The number of aromatic nitrogens is 2. The van der Waals surface area contributed by atoms with Crippen molar-refractivity contribution in [2.45, 2.75) is 39.0 Å². The number of benzene rings is 1. The largest absolute Gasteiger partial charge is 0.452 e. The Morgan fingerprint density at radius 2 is 2.03 bits per heavy atom. The van der Waals surface area contributed by atoms with Gasteiger partial charge in [0.15, 0.2) is 6.61 Å². The van der Waals surface area contributed by atoms with Crippen LogP contribution in [-0.4, -0.2) is 34.8 Å². The minimum atomic E-state index is -0.731. The van der Waals surface area contributed by atoms with Crippen molar-refractivity contribution in [3.05, 3.63) is 58.1 Å². The van der Waals surface area contributed by atoms with Crippen LogP contribution in [0.25, 0.3) is 5.69 Å². The number of allylic oxidation sites excluding steroid dienone is 1. The molecule has 1 heterocycles. The lowest BCUT2D eigenvalue weighted by atomic mass is 9.97. The Hall–Kier alpha value is -2.67. The molecule has 1 amide bonds. The zero-order valence-electron chi connectivity index (χ0n) is 16.2. The molecule has 0 fully saturated rings. The van der Waals surface area contributed by atoms with Gasteiger partial charge in [0.2, 0.25) is 0 Å². The standard InChI is InChI=1S/C21H23ClFN3O3/c1-14-19(20(22)26(25-14)17-9-7-16(23)8-10-17)21(28)29-13-18(27)24-12-11-15-5-3-2-4-6-15/h5,7-10H,2-4,6,11-13H2,1H3,(H,24,27). The predicted octanol–water partition coefficient (Wildman–Crippen LogP) is 4.14. The third-order valence-electron chi connectivity index (χ3n) is 4.77. The molecule has 6 nitrogen and oxygen atoms in total. The molecule has 0 atom stereocenters. The Morgan fingerprint density at radius 1 is 1.28 bits per heavy atom. The van der Waals surface area contributed by atoms with E-state index < -0.39 is 12.6 Å². The number of nitrogens with one attached hydrogen (secondary N) is 1. The highest BCUT2D eigenvalue weighted by molar-refractivity contribution is 6.33. The molecule has 0 saturated heterocycles. The third kappa shape index (κ3) is 5.44. The Morgan fingerprint density at radius 3 is 2.72 bits per heavy atom. The van der Waals surface area contributed by atoms with Crippen molar-refractivity contribution in [1.82, 2.24) is 15.1 Å². The molecule has 1 aliphatic carbocycles. The summed E-state index contributed by atoms with van der Waals surface area (Å²) in [7, 11) is 0. The molecule has 8 heteroatoms. The zero-order valence-corrected chi connectivity index (χ0v) is 17.0. The van der Waals surface area contributed by atoms with E-state index in [1.54, 1.807) is 6.92 Å². The second-order valence-corrected chi connectivity index (χ2v) is 7.28. The van der Waals surface area contributed by atoms with E-state index in [2.05, 4.69) is 16.5 Å². The highest BCUT2D eigenvalue weighted by atomic mass is 35.5. The summed E-state index contributed by atoms with van der Waals surface area (Å²) in [5, 5.41) is 7.02. The monoisotopic (exact) mass is 419 g/mol. The second-order valence-electron chi connectivity index (χ2n) is 6.92. The molecule has 154 valence electrons. The molecule has 2 aromatic rings. The van der Waals surface area contributed by atoms with Gasteiger partial charge < -0.3 is 10.1 Å². The topological polar surface area (TPSA) is 73.2 Å². The lowest BCUT2D eigenvalue weighted by molar-refractivity contribution is -0.124. The van der Waals surface area contributed by atoms with Crippen molar-refractivity contribution >= 4 is 23.5 Å². The molecule has 3 rings (SSSR count). The fourth-order valence-corrected chi connectivity index (χ4v) is 3.58. The maximum atomic E-state index is 13.1. The van der Waals surface area contributed by atoms with Gasteiger partial charge in [0, 0.05) is 6.54 Å². The molecule has 0 radical (unpaired) electrons. The van der Waals surface area contributed by atoms with Crippen molar-refractivity contribution in [2.24, 2.45) is 0 Å². The van der Waals surface area contributed by atoms with Crippen LogP contribution in [0.5, 0.6) is 0 Å². The van der Waals surface area contributed by atoms with Gasteiger partial charge in [-0.2, -0.15) is 5.10 Å². The molecule has 0 unspecified atom stereocenters. The van der Waals surface area contributed by atoms with Crippen molar-refractivity contribution in [2.75, 3.05) is 13.2 Å². The number of halogens is 2. The summed E-state index contributed by atoms with van der Waals surface area (Å²) in [5.74, 6) is -1.49. The first-order valence-electron chi connectivity index (χ1n) is 9.58. The third-order valence-corrected chi connectivity index (χ3v) is 5.12. The first-order valence-corrected chi connectivity index (χ1v) is 9.96. The van der Waals surface area contributed by atoms with Crippen LogP contribution < -0.4 is 5.32 Å². The molecule has 0 spiro atoms. The van der Waals surface area contributed by atoms with Gasteiger partial charge in [-0.25, -0.2) is 13.9 Å². The summed E-state index contributed by atoms with van der Waals surface area (Å²) in [4.78, 5) is 24.4. The summed E-state index contributed by atoms with van der Waals surface area (Å²) in [5.41, 5.74) is 2.31. The first-order chi connectivity index (χ1) is 14.0. The Kier molecular flexibility index (Phi) is 7.04. The van der Waals surface area contributed by atoms with Gasteiger partial charge in [0.25, 0.3) is 5.91 Å². The van der Waals surface area contributed by atoms with E-state index in [4.69, 9.17) is 16.3 Å². The van der Waals surface area contributed by atoms with Crippen LogP contribution in [0.2, 0.25) is 5.15 Å². The minimum Gasteiger partial charge on any atom is -0.452 e. The number of ether oxygens (including phenoxy) is 1. The number of hydrogen-bond acceptors (Lipinski definition) is 4. The van der Waals surface area contributed by atoms with E-state index >= 15 is 0 Å². The molecule has 29 heavy (non-hydrogen) atoms. The maximum Gasteiger partial charge on any atom is 0.343 e. The van der Waals surface area contributed by atoms with Crippen LogP contribution in [0.4, 0.5) is 4.39 Å². The van der Waals surface area contributed by atoms with E-state index in [-0.39, 0.29) is 22.4 Å². The van der Waals surface area contributed by atoms with Crippen LogP contribution >= 0.6 is 11.6 Å². The second kappa shape index (κ2) is 9.69. The Balaban J connectivity index is 1.54. The predicted molar refractivity (Wildman–Crippen MR) is 108 cm³/mol. The number of carbonyl (C=O) groups excluding carboxylic acids is 2. The number of esters is 1. The van der Waals surface area contributed by atoms with Crippen molar-refractivity contribution in [3.63, 3.8) is 0 Å². The number of amides is 1. The number of nitrogens with zero attached hydrogens (tertiary/aromatic N) is 2. The highest BCUT2D eigenvalue weighted by Gasteiger charge is 2.23. The van der Waals surface area contributed by atoms with Gasteiger partial charge in [0.1, 0.15) is 16.5 Å². The number of aryl methyl sites for hydroxylation is 1. The van der Waals surface area contributed by atoms with E-state index in [0.717, 1.165) is 19.3 Å². The van der Waals surface area contributed by atoms with Crippen LogP contribution in [0.3, 0.4) is 0 Å². The molecular formula is C21H23ClFN3O3. The highest BCUT2D eigenvalue weighted by Crippen LogP contribution is 2.24. The lowest BCUT2D eigenvalue weighted by Crippen LogP contribution is -2.30. The number of rotatable bonds is 7. The Bertz CT molecular complexity index is 922. The normalized spacial score (nSPS) is 13.7. The molecule has 1 aliphatic rings. The quantitative estimate of drug-likeness (QED) is 0.540. The van der Waals surface area contributed by atoms with E-state index in [0.29, 0.717) is 17.9 Å². The minimum absolute atomic E-state index is 0.0451. The molecular weight excluding hydrogens is 397 g/mol. The average molecular weight is 420 g/mol. The van der Waals surface area contributed by atoms with Crippen LogP contribution in [0.15, 0.2) is 35.9 Å². The maximum absolute atomic E-state index is 13.1. The SMILES string of the molecule is Cc1nn(-c2ccc(F)cc2)c(Cl)c1C(=O)OCC(=O)NCCC1=CCCCC1. The van der Waals surface area contributed by atoms with Crippen molar-refractivity contribution < 1.29 is 18.7 Å².